The number of aromatic nitrogens is 1. The molecule has 9 heteroatoms. The largest absolute Gasteiger partial charge is 0.391 e. The van der Waals surface area contributed by atoms with E-state index in [2.05, 4.69) is 15.6 Å². The van der Waals surface area contributed by atoms with Crippen molar-refractivity contribution < 1.29 is 14.7 Å². The minimum absolute atomic E-state index is 0.130. The minimum atomic E-state index is -0.667. The van der Waals surface area contributed by atoms with Gasteiger partial charge in [-0.3, -0.25) is 15.0 Å². The van der Waals surface area contributed by atoms with Gasteiger partial charge in [0.25, 0.3) is 0 Å². The average Bonchev–Trinajstić information content (AvgIpc) is 3.46. The van der Waals surface area contributed by atoms with Gasteiger partial charge in [-0.25, -0.2) is 4.98 Å². The lowest BCUT2D eigenvalue weighted by Gasteiger charge is -2.27. The molecule has 4 N–H and O–H groups in total. The van der Waals surface area contributed by atoms with Crippen LogP contribution in [0.1, 0.15) is 30.5 Å². The molecule has 3 atom stereocenters. The molecule has 3 heterocycles. The lowest BCUT2D eigenvalue weighted by molar-refractivity contribution is -0.134. The molecule has 2 amide bonds. The van der Waals surface area contributed by atoms with E-state index in [4.69, 9.17) is 5.41 Å². The van der Waals surface area contributed by atoms with E-state index in [0.717, 1.165) is 21.7 Å². The maximum absolute atomic E-state index is 12.8. The van der Waals surface area contributed by atoms with Gasteiger partial charge in [-0.15, -0.1) is 11.3 Å². The first kappa shape index (κ1) is 20.5. The molecule has 0 spiro atoms. The van der Waals surface area contributed by atoms with Gasteiger partial charge < -0.3 is 20.6 Å². The van der Waals surface area contributed by atoms with Gasteiger partial charge in [-0.1, -0.05) is 24.3 Å². The zero-order valence-electron chi connectivity index (χ0n) is 16.7. The molecule has 2 saturated heterocycles. The number of likely N-dealkylation sites (tertiary alicyclic amines) is 1. The van der Waals surface area contributed by atoms with Crippen molar-refractivity contribution in [1.29, 1.82) is 5.41 Å². The Morgan fingerprint density at radius 2 is 2.17 bits per heavy atom. The van der Waals surface area contributed by atoms with E-state index in [9.17, 15) is 14.7 Å². The van der Waals surface area contributed by atoms with Gasteiger partial charge in [-0.2, -0.15) is 0 Å². The first-order chi connectivity index (χ1) is 14.4. The fourth-order valence-electron chi connectivity index (χ4n) is 4.00. The van der Waals surface area contributed by atoms with Crippen molar-refractivity contribution in [2.24, 2.45) is 0 Å². The third-order valence-corrected chi connectivity index (χ3v) is 6.61. The minimum Gasteiger partial charge on any atom is -0.391 e. The number of aliphatic hydroxyl groups excluding tert-OH is 1. The molecule has 2 fully saturated rings. The summed E-state index contributed by atoms with van der Waals surface area (Å²) in [6, 6.07) is 7.03. The Kier molecular flexibility index (Phi) is 5.83. The molecular weight excluding hydrogens is 402 g/mol. The molecule has 0 radical (unpaired) electrons. The Morgan fingerprint density at radius 3 is 2.80 bits per heavy atom. The molecule has 30 heavy (non-hydrogen) atoms. The second-order valence-corrected chi connectivity index (χ2v) is 8.64. The Bertz CT molecular complexity index is 958. The zero-order valence-corrected chi connectivity index (χ0v) is 17.5. The number of nitrogens with zero attached hydrogens (tertiary/aromatic N) is 2. The summed E-state index contributed by atoms with van der Waals surface area (Å²) in [5, 5.41) is 24.3. The van der Waals surface area contributed by atoms with E-state index in [1.165, 1.54) is 4.90 Å². The number of benzene rings is 1. The number of amides is 2. The normalized spacial score (nSPS) is 23.5. The van der Waals surface area contributed by atoms with Crippen LogP contribution in [0, 0.1) is 12.3 Å². The molecule has 2 aliphatic heterocycles. The fraction of sp³-hybridized carbons (Fsp3) is 0.429. The van der Waals surface area contributed by atoms with Crippen LogP contribution >= 0.6 is 11.3 Å². The quantitative estimate of drug-likeness (QED) is 0.425. The Labute approximate surface area is 178 Å². The summed E-state index contributed by atoms with van der Waals surface area (Å²) in [6.07, 6.45) is 0.454. The number of amidine groups is 1. The predicted molar refractivity (Wildman–Crippen MR) is 114 cm³/mol. The predicted octanol–water partition coefficient (Wildman–Crippen LogP) is 1.43. The molecule has 0 unspecified atom stereocenters. The lowest BCUT2D eigenvalue weighted by Crippen LogP contribution is -2.51. The van der Waals surface area contributed by atoms with Crippen LogP contribution in [0.15, 0.2) is 29.8 Å². The number of carbonyl (C=O) groups excluding carboxylic acids is 2. The summed E-state index contributed by atoms with van der Waals surface area (Å²) < 4.78 is 0. The second-order valence-electron chi connectivity index (χ2n) is 7.79. The highest BCUT2D eigenvalue weighted by Crippen LogP contribution is 2.27. The van der Waals surface area contributed by atoms with Crippen molar-refractivity contribution in [3.05, 3.63) is 41.0 Å². The van der Waals surface area contributed by atoms with Gasteiger partial charge in [0.2, 0.25) is 11.8 Å². The monoisotopic (exact) mass is 427 g/mol. The van der Waals surface area contributed by atoms with E-state index < -0.39 is 18.2 Å². The van der Waals surface area contributed by atoms with Gasteiger partial charge in [-0.05, 0) is 24.5 Å². The molecule has 0 bridgehead atoms. The molecule has 0 aliphatic carbocycles. The maximum Gasteiger partial charge on any atom is 0.245 e. The van der Waals surface area contributed by atoms with E-state index in [1.54, 1.807) is 11.3 Å². The summed E-state index contributed by atoms with van der Waals surface area (Å²) in [7, 11) is 0. The van der Waals surface area contributed by atoms with Crippen molar-refractivity contribution in [3.63, 3.8) is 0 Å². The van der Waals surface area contributed by atoms with Crippen molar-refractivity contribution >= 4 is 29.0 Å². The van der Waals surface area contributed by atoms with Crippen LogP contribution in [0.2, 0.25) is 0 Å². The Hall–Kier alpha value is -2.78. The molecule has 158 valence electrons. The molecule has 0 saturated carbocycles. The Morgan fingerprint density at radius 1 is 1.40 bits per heavy atom. The number of aliphatic hydroxyl groups is 1. The van der Waals surface area contributed by atoms with Crippen molar-refractivity contribution in [2.45, 2.75) is 50.9 Å². The topological polar surface area (TPSA) is 118 Å². The number of aryl methyl sites for hydroxylation is 1. The van der Waals surface area contributed by atoms with Crippen molar-refractivity contribution in [3.8, 4) is 10.4 Å². The first-order valence-corrected chi connectivity index (χ1v) is 10.9. The van der Waals surface area contributed by atoms with Crippen molar-refractivity contribution in [2.75, 3.05) is 6.54 Å². The van der Waals surface area contributed by atoms with E-state index in [-0.39, 0.29) is 24.2 Å². The van der Waals surface area contributed by atoms with Gasteiger partial charge in [0.15, 0.2) is 0 Å². The lowest BCUT2D eigenvalue weighted by atomic mass is 10.1. The smallest absolute Gasteiger partial charge is 0.245 e. The van der Waals surface area contributed by atoms with E-state index >= 15 is 0 Å². The van der Waals surface area contributed by atoms with Gasteiger partial charge in [0, 0.05) is 25.9 Å². The van der Waals surface area contributed by atoms with Crippen LogP contribution in [0.3, 0.4) is 0 Å². The highest BCUT2D eigenvalue weighted by Gasteiger charge is 2.41. The summed E-state index contributed by atoms with van der Waals surface area (Å²) in [6.45, 7) is 2.63. The molecule has 1 aromatic heterocycles. The zero-order chi connectivity index (χ0) is 21.3. The van der Waals surface area contributed by atoms with Crippen LogP contribution in [-0.2, 0) is 16.1 Å². The number of rotatable bonds is 5. The summed E-state index contributed by atoms with van der Waals surface area (Å²) in [4.78, 5) is 31.2. The summed E-state index contributed by atoms with van der Waals surface area (Å²) in [5.41, 5.74) is 4.98. The van der Waals surface area contributed by atoms with Crippen LogP contribution in [-0.4, -0.2) is 57.4 Å². The second kappa shape index (κ2) is 8.53. The molecule has 4 rings (SSSR count). The van der Waals surface area contributed by atoms with Crippen molar-refractivity contribution in [1.82, 2.24) is 20.5 Å². The van der Waals surface area contributed by atoms with Crippen LogP contribution in [0.5, 0.6) is 0 Å². The number of β-amino-alcohol motifs (C(OH)–C–C–N with tert-alkyl or cyclic N) is 1. The van der Waals surface area contributed by atoms with Crippen LogP contribution in [0.25, 0.3) is 10.4 Å². The Balaban J connectivity index is 1.37. The van der Waals surface area contributed by atoms with Gasteiger partial charge >= 0.3 is 0 Å². The summed E-state index contributed by atoms with van der Waals surface area (Å²) in [5.74, 6) is -0.153. The molecule has 2 aromatic rings. The number of hydrogen-bond donors (Lipinski definition) is 4. The third-order valence-electron chi connectivity index (χ3n) is 5.63. The highest BCUT2D eigenvalue weighted by atomic mass is 32.1. The number of hydrogen-bond acceptors (Lipinski definition) is 6. The third kappa shape index (κ3) is 4.22. The SMILES string of the molecule is Cc1ncsc1-c1ccc(CNC(=N)[C@@H]2C[C@@H](O)CN2C(=O)[C@@H]2CCC(=O)N2)cc1. The standard InChI is InChI=1S/C21H25N5O3S/c1-12-19(30-11-24-12)14-4-2-13(3-5-14)9-23-20(22)17-8-15(27)10-26(17)21(29)16-6-7-18(28)25-16/h2-5,11,15-17,27H,6-10H2,1H3,(H2,22,23)(H,25,28)/t15-,16+,17+/m1/s1. The van der Waals surface area contributed by atoms with E-state index in [0.29, 0.717) is 25.8 Å². The van der Waals surface area contributed by atoms with Crippen LogP contribution in [0.4, 0.5) is 0 Å². The number of thiazole rings is 1. The molecule has 1 aromatic carbocycles. The molecular formula is C21H25N5O3S. The van der Waals surface area contributed by atoms with Gasteiger partial charge in [0.05, 0.1) is 28.2 Å². The van der Waals surface area contributed by atoms with E-state index in [1.807, 2.05) is 36.7 Å². The average molecular weight is 428 g/mol. The molecule has 2 aliphatic rings. The number of nitrogens with one attached hydrogen (secondary N) is 3. The fourth-order valence-corrected chi connectivity index (χ4v) is 4.81. The molecule has 8 nitrogen and oxygen atoms in total. The first-order valence-electron chi connectivity index (χ1n) is 10.0. The highest BCUT2D eigenvalue weighted by molar-refractivity contribution is 7.13. The van der Waals surface area contributed by atoms with Gasteiger partial charge in [0.1, 0.15) is 11.9 Å². The maximum atomic E-state index is 12.8. The van der Waals surface area contributed by atoms with Crippen LogP contribution < -0.4 is 10.6 Å². The summed E-state index contributed by atoms with van der Waals surface area (Å²) >= 11 is 1.61. The number of carbonyl (C=O) groups is 2.